The molecule has 1 fully saturated rings. The summed E-state index contributed by atoms with van der Waals surface area (Å²) in [5, 5.41) is 3.60. The summed E-state index contributed by atoms with van der Waals surface area (Å²) in [7, 11) is 1.79. The van der Waals surface area contributed by atoms with E-state index in [1.54, 1.807) is 7.11 Å². The maximum Gasteiger partial charge on any atom is 0.0986 e. The van der Waals surface area contributed by atoms with Gasteiger partial charge >= 0.3 is 0 Å². The molecule has 1 aliphatic rings. The van der Waals surface area contributed by atoms with Crippen LogP contribution in [0.2, 0.25) is 0 Å². The van der Waals surface area contributed by atoms with Gasteiger partial charge in [0.25, 0.3) is 0 Å². The van der Waals surface area contributed by atoms with Gasteiger partial charge in [0.05, 0.1) is 12.2 Å². The van der Waals surface area contributed by atoms with Crippen LogP contribution in [0.15, 0.2) is 0 Å². The highest BCUT2D eigenvalue weighted by Gasteiger charge is 2.41. The van der Waals surface area contributed by atoms with Crippen LogP contribution in [0.25, 0.3) is 0 Å². The van der Waals surface area contributed by atoms with Crippen molar-refractivity contribution in [3.63, 3.8) is 0 Å². The van der Waals surface area contributed by atoms with Crippen molar-refractivity contribution in [2.24, 2.45) is 5.92 Å². The Morgan fingerprint density at radius 2 is 1.89 bits per heavy atom. The highest BCUT2D eigenvalue weighted by atomic mass is 16.5. The Morgan fingerprint density at radius 1 is 1.16 bits per heavy atom. The van der Waals surface area contributed by atoms with Gasteiger partial charge < -0.3 is 14.8 Å². The normalized spacial score (nSPS) is 26.7. The van der Waals surface area contributed by atoms with Crippen LogP contribution in [-0.2, 0) is 9.47 Å². The molecule has 0 radical (unpaired) electrons. The Bertz CT molecular complexity index is 221. The minimum Gasteiger partial charge on any atom is -0.377 e. The predicted molar refractivity (Wildman–Crippen MR) is 80.5 cm³/mol. The molecule has 3 heteroatoms. The van der Waals surface area contributed by atoms with Gasteiger partial charge in [-0.15, -0.1) is 0 Å². The third kappa shape index (κ3) is 6.24. The molecule has 0 amide bonds. The van der Waals surface area contributed by atoms with Crippen LogP contribution in [0.4, 0.5) is 0 Å². The van der Waals surface area contributed by atoms with Crippen LogP contribution in [0.5, 0.6) is 0 Å². The van der Waals surface area contributed by atoms with Crippen LogP contribution in [0.3, 0.4) is 0 Å². The molecule has 0 aromatic heterocycles. The van der Waals surface area contributed by atoms with Crippen molar-refractivity contribution in [2.75, 3.05) is 20.3 Å². The van der Waals surface area contributed by atoms with E-state index in [9.17, 15) is 0 Å². The summed E-state index contributed by atoms with van der Waals surface area (Å²) in [5.41, 5.74) is 0. The highest BCUT2D eigenvalue weighted by molar-refractivity contribution is 4.96. The van der Waals surface area contributed by atoms with Crippen molar-refractivity contribution in [1.82, 2.24) is 5.32 Å². The van der Waals surface area contributed by atoms with Gasteiger partial charge in [-0.3, -0.25) is 0 Å². The van der Waals surface area contributed by atoms with Crippen LogP contribution < -0.4 is 5.32 Å². The fraction of sp³-hybridized carbons (Fsp3) is 1.00. The molecule has 1 aliphatic carbocycles. The average Bonchev–Trinajstić information content (AvgIpc) is 2.35. The predicted octanol–water partition coefficient (Wildman–Crippen LogP) is 3.37. The van der Waals surface area contributed by atoms with E-state index in [0.717, 1.165) is 25.5 Å². The van der Waals surface area contributed by atoms with E-state index < -0.39 is 0 Å². The first-order valence-electron chi connectivity index (χ1n) is 8.06. The fourth-order valence-electron chi connectivity index (χ4n) is 2.79. The van der Waals surface area contributed by atoms with E-state index in [0.29, 0.717) is 12.1 Å². The molecule has 3 unspecified atom stereocenters. The van der Waals surface area contributed by atoms with Crippen molar-refractivity contribution in [1.29, 1.82) is 0 Å². The number of hydrogen-bond donors (Lipinski definition) is 1. The van der Waals surface area contributed by atoms with Gasteiger partial charge in [-0.05, 0) is 32.2 Å². The minimum absolute atomic E-state index is 0.251. The Morgan fingerprint density at radius 3 is 2.53 bits per heavy atom. The van der Waals surface area contributed by atoms with Crippen LogP contribution in [-0.4, -0.2) is 38.5 Å². The first-order chi connectivity index (χ1) is 9.19. The molecule has 114 valence electrons. The van der Waals surface area contributed by atoms with Crippen molar-refractivity contribution in [3.05, 3.63) is 0 Å². The maximum atomic E-state index is 5.63. The molecule has 19 heavy (non-hydrogen) atoms. The monoisotopic (exact) mass is 271 g/mol. The standard InChI is InChI=1S/C16H33NO2/c1-5-19-15-12-14(16(15)18-4)17-11-9-7-6-8-10-13(2)3/h13-17H,5-12H2,1-4H3. The van der Waals surface area contributed by atoms with Crippen molar-refractivity contribution in [3.8, 4) is 0 Å². The Labute approximate surface area is 119 Å². The van der Waals surface area contributed by atoms with Gasteiger partial charge in [0.2, 0.25) is 0 Å². The largest absolute Gasteiger partial charge is 0.377 e. The number of methoxy groups -OCH3 is 1. The molecule has 0 aliphatic heterocycles. The molecule has 0 spiro atoms. The molecule has 1 rings (SSSR count). The van der Waals surface area contributed by atoms with Gasteiger partial charge in [0, 0.05) is 19.8 Å². The lowest BCUT2D eigenvalue weighted by Crippen LogP contribution is -2.59. The lowest BCUT2D eigenvalue weighted by atomic mass is 9.85. The van der Waals surface area contributed by atoms with Crippen LogP contribution >= 0.6 is 0 Å². The third-order valence-electron chi connectivity index (χ3n) is 4.02. The fourth-order valence-corrected chi connectivity index (χ4v) is 2.79. The number of hydrogen-bond acceptors (Lipinski definition) is 3. The van der Waals surface area contributed by atoms with Gasteiger partial charge in [-0.25, -0.2) is 0 Å². The summed E-state index contributed by atoms with van der Waals surface area (Å²) >= 11 is 0. The summed E-state index contributed by atoms with van der Waals surface area (Å²) < 4.78 is 11.1. The van der Waals surface area contributed by atoms with Gasteiger partial charge in [0.1, 0.15) is 0 Å². The second kappa shape index (κ2) is 9.73. The third-order valence-corrected chi connectivity index (χ3v) is 4.02. The van der Waals surface area contributed by atoms with Crippen molar-refractivity contribution in [2.45, 2.75) is 77.5 Å². The quantitative estimate of drug-likeness (QED) is 0.584. The Hall–Kier alpha value is -0.120. The molecular formula is C16H33NO2. The average molecular weight is 271 g/mol. The smallest absolute Gasteiger partial charge is 0.0986 e. The van der Waals surface area contributed by atoms with E-state index in [1.807, 2.05) is 6.92 Å². The first kappa shape index (κ1) is 16.9. The second-order valence-corrected chi connectivity index (χ2v) is 6.09. The van der Waals surface area contributed by atoms with Gasteiger partial charge in [0.15, 0.2) is 0 Å². The lowest BCUT2D eigenvalue weighted by molar-refractivity contribution is -0.131. The summed E-state index contributed by atoms with van der Waals surface area (Å²) in [4.78, 5) is 0. The van der Waals surface area contributed by atoms with E-state index >= 15 is 0 Å². The number of unbranched alkanes of at least 4 members (excludes halogenated alkanes) is 3. The van der Waals surface area contributed by atoms with Crippen molar-refractivity contribution >= 4 is 0 Å². The minimum atomic E-state index is 0.251. The number of nitrogens with one attached hydrogen (secondary N) is 1. The SMILES string of the molecule is CCOC1CC(NCCCCCCC(C)C)C1OC. The summed E-state index contributed by atoms with van der Waals surface area (Å²) in [6, 6.07) is 0.497. The van der Waals surface area contributed by atoms with E-state index in [4.69, 9.17) is 9.47 Å². The molecule has 0 aromatic carbocycles. The molecule has 3 atom stereocenters. The molecule has 0 heterocycles. The maximum absolute atomic E-state index is 5.63. The van der Waals surface area contributed by atoms with E-state index in [2.05, 4.69) is 19.2 Å². The Kier molecular flexibility index (Phi) is 8.67. The van der Waals surface area contributed by atoms with Gasteiger partial charge in [-0.2, -0.15) is 0 Å². The summed E-state index contributed by atoms with van der Waals surface area (Å²) in [6.45, 7) is 8.55. The molecule has 1 saturated carbocycles. The summed E-state index contributed by atoms with van der Waals surface area (Å²) in [6.07, 6.45) is 8.41. The number of ether oxygens (including phenoxy) is 2. The second-order valence-electron chi connectivity index (χ2n) is 6.09. The van der Waals surface area contributed by atoms with Crippen LogP contribution in [0.1, 0.15) is 59.3 Å². The molecular weight excluding hydrogens is 238 g/mol. The molecule has 0 aromatic rings. The molecule has 0 bridgehead atoms. The highest BCUT2D eigenvalue weighted by Crippen LogP contribution is 2.26. The zero-order valence-corrected chi connectivity index (χ0v) is 13.3. The van der Waals surface area contributed by atoms with Crippen molar-refractivity contribution < 1.29 is 9.47 Å². The Balaban J connectivity index is 1.95. The topological polar surface area (TPSA) is 30.5 Å². The number of rotatable bonds is 11. The lowest BCUT2D eigenvalue weighted by Gasteiger charge is -2.43. The zero-order chi connectivity index (χ0) is 14.1. The van der Waals surface area contributed by atoms with E-state index in [1.165, 1.54) is 32.1 Å². The zero-order valence-electron chi connectivity index (χ0n) is 13.3. The molecule has 0 saturated heterocycles. The molecule has 3 nitrogen and oxygen atoms in total. The first-order valence-corrected chi connectivity index (χ1v) is 8.06. The van der Waals surface area contributed by atoms with Gasteiger partial charge in [-0.1, -0.05) is 39.5 Å². The summed E-state index contributed by atoms with van der Waals surface area (Å²) in [5.74, 6) is 0.853. The molecule has 1 N–H and O–H groups in total. The van der Waals surface area contributed by atoms with E-state index in [-0.39, 0.29) is 6.10 Å². The van der Waals surface area contributed by atoms with Crippen LogP contribution in [0, 0.1) is 5.92 Å².